The average Bonchev–Trinajstić information content (AvgIpc) is 2.44. The average molecular weight is 359 g/mol. The third-order valence-electron chi connectivity index (χ3n) is 2.47. The highest BCUT2D eigenvalue weighted by molar-refractivity contribution is 9.10. The zero-order valence-electron chi connectivity index (χ0n) is 12.1. The van der Waals surface area contributed by atoms with Crippen LogP contribution in [0.2, 0.25) is 0 Å². The molecule has 0 atom stereocenters. The van der Waals surface area contributed by atoms with E-state index < -0.39 is 5.91 Å². The van der Waals surface area contributed by atoms with Gasteiger partial charge in [-0.05, 0) is 47.5 Å². The SMILES string of the molecule is CCOCCC(=O)NNC(=O)COc1ccc(C)cc1Br. The van der Waals surface area contributed by atoms with Crippen LogP contribution in [0.25, 0.3) is 0 Å². The van der Waals surface area contributed by atoms with Gasteiger partial charge in [0.05, 0.1) is 17.5 Å². The Morgan fingerprint density at radius 3 is 2.62 bits per heavy atom. The van der Waals surface area contributed by atoms with Crippen molar-refractivity contribution < 1.29 is 19.1 Å². The second-order valence-corrected chi connectivity index (χ2v) is 5.12. The standard InChI is InChI=1S/C14H19BrN2O4/c1-3-20-7-6-13(18)16-17-14(19)9-21-12-5-4-10(2)8-11(12)15/h4-5,8H,3,6-7,9H2,1-2H3,(H,16,18)(H,17,19). The lowest BCUT2D eigenvalue weighted by Crippen LogP contribution is -2.44. The highest BCUT2D eigenvalue weighted by atomic mass is 79.9. The summed E-state index contributed by atoms with van der Waals surface area (Å²) in [5.41, 5.74) is 5.65. The highest BCUT2D eigenvalue weighted by Crippen LogP contribution is 2.25. The molecule has 21 heavy (non-hydrogen) atoms. The number of carbonyl (C=O) groups is 2. The second kappa shape index (κ2) is 9.36. The van der Waals surface area contributed by atoms with Crippen LogP contribution in [0.1, 0.15) is 18.9 Å². The number of benzene rings is 1. The molecule has 0 fully saturated rings. The van der Waals surface area contributed by atoms with Gasteiger partial charge in [-0.2, -0.15) is 0 Å². The molecule has 116 valence electrons. The first-order chi connectivity index (χ1) is 10.0. The van der Waals surface area contributed by atoms with E-state index in [1.54, 1.807) is 6.07 Å². The normalized spacial score (nSPS) is 10.0. The van der Waals surface area contributed by atoms with Gasteiger partial charge in [0.2, 0.25) is 5.91 Å². The molecular formula is C14H19BrN2O4. The van der Waals surface area contributed by atoms with Gasteiger partial charge in [0.1, 0.15) is 5.75 Å². The van der Waals surface area contributed by atoms with E-state index in [1.165, 1.54) is 0 Å². The minimum absolute atomic E-state index is 0.187. The second-order valence-electron chi connectivity index (χ2n) is 4.27. The largest absolute Gasteiger partial charge is 0.483 e. The van der Waals surface area contributed by atoms with E-state index >= 15 is 0 Å². The van der Waals surface area contributed by atoms with E-state index in [0.717, 1.165) is 10.0 Å². The van der Waals surface area contributed by atoms with Crippen LogP contribution in [0.4, 0.5) is 0 Å². The van der Waals surface area contributed by atoms with Crippen LogP contribution in [-0.2, 0) is 14.3 Å². The van der Waals surface area contributed by atoms with Crippen LogP contribution in [0, 0.1) is 6.92 Å². The van der Waals surface area contributed by atoms with Crippen LogP contribution < -0.4 is 15.6 Å². The van der Waals surface area contributed by atoms with Gasteiger partial charge >= 0.3 is 0 Å². The summed E-state index contributed by atoms with van der Waals surface area (Å²) in [5.74, 6) is -0.182. The zero-order valence-corrected chi connectivity index (χ0v) is 13.7. The van der Waals surface area contributed by atoms with Crippen molar-refractivity contribution in [2.45, 2.75) is 20.3 Å². The molecule has 0 bridgehead atoms. The van der Waals surface area contributed by atoms with Gasteiger partial charge in [-0.1, -0.05) is 6.07 Å². The number of halogens is 1. The van der Waals surface area contributed by atoms with Crippen molar-refractivity contribution in [2.75, 3.05) is 19.8 Å². The number of hydrogen-bond donors (Lipinski definition) is 2. The molecule has 0 aromatic heterocycles. The van der Waals surface area contributed by atoms with Gasteiger partial charge in [0.15, 0.2) is 6.61 Å². The Kier molecular flexibility index (Phi) is 7.78. The van der Waals surface area contributed by atoms with Crippen molar-refractivity contribution in [2.24, 2.45) is 0 Å². The maximum Gasteiger partial charge on any atom is 0.276 e. The summed E-state index contributed by atoms with van der Waals surface area (Å²) in [7, 11) is 0. The predicted octanol–water partition coefficient (Wildman–Crippen LogP) is 1.71. The first kappa shape index (κ1) is 17.5. The maximum absolute atomic E-state index is 11.5. The summed E-state index contributed by atoms with van der Waals surface area (Å²) in [6.45, 7) is 4.50. The third kappa shape index (κ3) is 7.10. The molecule has 0 aliphatic carbocycles. The first-order valence-corrected chi connectivity index (χ1v) is 7.36. The number of nitrogens with one attached hydrogen (secondary N) is 2. The number of aryl methyl sites for hydroxylation is 1. The highest BCUT2D eigenvalue weighted by Gasteiger charge is 2.07. The molecule has 7 heteroatoms. The summed E-state index contributed by atoms with van der Waals surface area (Å²) in [4.78, 5) is 22.9. The minimum atomic E-state index is -0.438. The van der Waals surface area contributed by atoms with Gasteiger partial charge < -0.3 is 9.47 Å². The number of hydrogen-bond acceptors (Lipinski definition) is 4. The molecule has 2 amide bonds. The van der Waals surface area contributed by atoms with Crippen LogP contribution in [0.15, 0.2) is 22.7 Å². The lowest BCUT2D eigenvalue weighted by atomic mass is 10.2. The van der Waals surface area contributed by atoms with Crippen LogP contribution in [0.5, 0.6) is 5.75 Å². The molecule has 0 spiro atoms. The molecule has 0 saturated carbocycles. The van der Waals surface area contributed by atoms with Crippen molar-refractivity contribution in [1.29, 1.82) is 0 Å². The van der Waals surface area contributed by atoms with Crippen molar-refractivity contribution >= 4 is 27.7 Å². The van der Waals surface area contributed by atoms with Crippen LogP contribution in [0.3, 0.4) is 0 Å². The number of amides is 2. The summed E-state index contributed by atoms with van der Waals surface area (Å²) >= 11 is 3.35. The number of ether oxygens (including phenoxy) is 2. The van der Waals surface area contributed by atoms with E-state index in [0.29, 0.717) is 19.0 Å². The summed E-state index contributed by atoms with van der Waals surface area (Å²) in [5, 5.41) is 0. The van der Waals surface area contributed by atoms with E-state index in [9.17, 15) is 9.59 Å². The van der Waals surface area contributed by atoms with Gasteiger partial charge in [0.25, 0.3) is 5.91 Å². The number of hydrazine groups is 1. The predicted molar refractivity (Wildman–Crippen MR) is 81.8 cm³/mol. The fourth-order valence-corrected chi connectivity index (χ4v) is 2.02. The molecule has 6 nitrogen and oxygen atoms in total. The summed E-state index contributed by atoms with van der Waals surface area (Å²) in [6, 6.07) is 5.55. The van der Waals surface area contributed by atoms with Crippen molar-refractivity contribution in [3.63, 3.8) is 0 Å². The first-order valence-electron chi connectivity index (χ1n) is 6.57. The Bertz CT molecular complexity index is 494. The molecule has 0 heterocycles. The molecule has 0 aliphatic rings. The monoisotopic (exact) mass is 358 g/mol. The molecule has 1 aromatic rings. The van der Waals surface area contributed by atoms with Gasteiger partial charge in [0, 0.05) is 6.61 Å². The van der Waals surface area contributed by atoms with E-state index in [-0.39, 0.29) is 18.9 Å². The Labute approximate surface area is 132 Å². The van der Waals surface area contributed by atoms with E-state index in [1.807, 2.05) is 26.0 Å². The molecule has 1 aromatic carbocycles. The Hall–Kier alpha value is -1.60. The Balaban J connectivity index is 2.26. The Morgan fingerprint density at radius 2 is 1.95 bits per heavy atom. The van der Waals surface area contributed by atoms with Gasteiger partial charge in [-0.15, -0.1) is 0 Å². The number of rotatable bonds is 7. The maximum atomic E-state index is 11.5. The Morgan fingerprint density at radius 1 is 1.24 bits per heavy atom. The van der Waals surface area contributed by atoms with Crippen molar-refractivity contribution in [3.05, 3.63) is 28.2 Å². The van der Waals surface area contributed by atoms with Gasteiger partial charge in [-0.3, -0.25) is 20.4 Å². The molecular weight excluding hydrogens is 340 g/mol. The van der Waals surface area contributed by atoms with Gasteiger partial charge in [-0.25, -0.2) is 0 Å². The smallest absolute Gasteiger partial charge is 0.276 e. The summed E-state index contributed by atoms with van der Waals surface area (Å²) < 4.78 is 11.2. The van der Waals surface area contributed by atoms with Crippen molar-refractivity contribution in [1.82, 2.24) is 10.9 Å². The molecule has 1 rings (SSSR count). The molecule has 0 radical (unpaired) electrons. The molecule has 2 N–H and O–H groups in total. The van der Waals surface area contributed by atoms with E-state index in [2.05, 4.69) is 26.8 Å². The number of carbonyl (C=O) groups excluding carboxylic acids is 2. The van der Waals surface area contributed by atoms with Crippen LogP contribution in [-0.4, -0.2) is 31.6 Å². The molecule has 0 unspecified atom stereocenters. The fraction of sp³-hybridized carbons (Fsp3) is 0.429. The quantitative estimate of drug-likeness (QED) is 0.574. The lowest BCUT2D eigenvalue weighted by Gasteiger charge is -2.10. The zero-order chi connectivity index (χ0) is 15.7. The summed E-state index contributed by atoms with van der Waals surface area (Å²) in [6.07, 6.45) is 0.193. The molecule has 0 aliphatic heterocycles. The topological polar surface area (TPSA) is 76.7 Å². The minimum Gasteiger partial charge on any atom is -0.483 e. The van der Waals surface area contributed by atoms with E-state index in [4.69, 9.17) is 9.47 Å². The van der Waals surface area contributed by atoms with Crippen molar-refractivity contribution in [3.8, 4) is 5.75 Å². The third-order valence-corrected chi connectivity index (χ3v) is 3.08. The fourth-order valence-electron chi connectivity index (χ4n) is 1.41. The lowest BCUT2D eigenvalue weighted by molar-refractivity contribution is -0.130. The van der Waals surface area contributed by atoms with Crippen LogP contribution >= 0.6 is 15.9 Å². The molecule has 0 saturated heterocycles.